The molecule has 1 aromatic heterocycles. The normalized spacial score (nSPS) is 13.3. The van der Waals surface area contributed by atoms with Crippen LogP contribution in [0, 0.1) is 0 Å². The molecule has 0 bridgehead atoms. The Kier molecular flexibility index (Phi) is 40.9. The van der Waals surface area contributed by atoms with E-state index in [2.05, 4.69) is 59.1 Å². The number of nitrogens with zero attached hydrogens (tertiary/aromatic N) is 2. The predicted molar refractivity (Wildman–Crippen MR) is 284 cm³/mol. The molecule has 11 heteroatoms. The van der Waals surface area contributed by atoms with Crippen LogP contribution in [0.4, 0.5) is 0 Å². The summed E-state index contributed by atoms with van der Waals surface area (Å²) >= 11 is 0. The number of hydrogen-bond donors (Lipinski definition) is 2. The van der Waals surface area contributed by atoms with E-state index in [9.17, 15) is 4.79 Å². The van der Waals surface area contributed by atoms with Crippen molar-refractivity contribution < 1.29 is 33.2 Å². The Morgan fingerprint density at radius 3 is 1.28 bits per heavy atom. The van der Waals surface area contributed by atoms with Crippen LogP contribution in [0.25, 0.3) is 10.9 Å². The monoisotopic (exact) mass is 959 g/mol. The molecule has 3 atom stereocenters. The first kappa shape index (κ1) is 62.0. The van der Waals surface area contributed by atoms with E-state index in [-0.39, 0.29) is 24.8 Å². The number of rotatable bonds is 51. The molecule has 2 aromatic rings. The number of para-hydroxylation sites is 1. The zero-order valence-electron chi connectivity index (χ0n) is 44.9. The Morgan fingerprint density at radius 2 is 0.853 bits per heavy atom. The smallest absolute Gasteiger partial charge is 0.220 e. The molecule has 1 amide bonds. The molecule has 1 aromatic carbocycles. The van der Waals surface area contributed by atoms with Gasteiger partial charge in [-0.25, -0.2) is 0 Å². The number of aromatic nitrogens is 1. The Morgan fingerprint density at radius 1 is 0.485 bits per heavy atom. The summed E-state index contributed by atoms with van der Waals surface area (Å²) in [6.45, 7) is 23.7. The quantitative estimate of drug-likeness (QED) is 0.0495. The number of aryl methyl sites for hydroxylation is 1. The minimum Gasteiger partial charge on any atom is -0.361 e. The van der Waals surface area contributed by atoms with Crippen LogP contribution in [0.1, 0.15) is 208 Å². The summed E-state index contributed by atoms with van der Waals surface area (Å²) in [7, 11) is 0. The van der Waals surface area contributed by atoms with Crippen molar-refractivity contribution in [2.45, 2.75) is 227 Å². The van der Waals surface area contributed by atoms with Crippen LogP contribution in [-0.2, 0) is 39.6 Å². The van der Waals surface area contributed by atoms with Gasteiger partial charge in [0.05, 0.1) is 0 Å². The summed E-state index contributed by atoms with van der Waals surface area (Å²) in [5, 5.41) is 4.44. The number of benzene rings is 1. The second-order valence-electron chi connectivity index (χ2n) is 19.2. The molecule has 0 aliphatic rings. The maximum Gasteiger partial charge on any atom is 0.220 e. The van der Waals surface area contributed by atoms with Gasteiger partial charge >= 0.3 is 0 Å². The van der Waals surface area contributed by atoms with Crippen LogP contribution in [0.2, 0.25) is 0 Å². The predicted octanol–water partition coefficient (Wildman–Crippen LogP) is 13.4. The van der Waals surface area contributed by atoms with Crippen molar-refractivity contribution >= 4 is 16.8 Å². The van der Waals surface area contributed by atoms with E-state index >= 15 is 0 Å². The molecule has 0 aliphatic carbocycles. The second-order valence-corrected chi connectivity index (χ2v) is 19.2. The van der Waals surface area contributed by atoms with Gasteiger partial charge in [-0.3, -0.25) is 4.79 Å². The maximum absolute atomic E-state index is 13.1. The number of nitrogens with one attached hydrogen (secondary N) is 2. The van der Waals surface area contributed by atoms with Crippen molar-refractivity contribution in [3.8, 4) is 0 Å². The molecular weight excluding hydrogens is 853 g/mol. The summed E-state index contributed by atoms with van der Waals surface area (Å²) in [6.07, 6.45) is 31.7. The van der Waals surface area contributed by atoms with E-state index in [0.29, 0.717) is 32.8 Å². The number of H-pyrrole nitrogens is 1. The van der Waals surface area contributed by atoms with E-state index in [1.165, 1.54) is 107 Å². The lowest BCUT2D eigenvalue weighted by atomic mass is 10.1. The summed E-state index contributed by atoms with van der Waals surface area (Å²) in [5.41, 5.74) is 2.31. The van der Waals surface area contributed by atoms with Crippen LogP contribution in [-0.4, -0.2) is 125 Å². The number of carbonyl (C=O) groups excluding carboxylic acids is 1. The fraction of sp³-hybridized carbons (Fsp3) is 0.842. The van der Waals surface area contributed by atoms with Gasteiger partial charge in [0, 0.05) is 89.3 Å². The molecule has 0 saturated carbocycles. The Balaban J connectivity index is 1.88. The summed E-state index contributed by atoms with van der Waals surface area (Å²) in [5.74, 6) is 0.105. The fourth-order valence-electron chi connectivity index (χ4n) is 8.58. The lowest BCUT2D eigenvalue weighted by molar-refractivity contribution is -0.132. The van der Waals surface area contributed by atoms with Gasteiger partial charge in [0.1, 0.15) is 0 Å². The molecule has 2 rings (SSSR count). The molecule has 3 unspecified atom stereocenters. The van der Waals surface area contributed by atoms with Gasteiger partial charge in [-0.15, -0.1) is 0 Å². The highest BCUT2D eigenvalue weighted by atomic mass is 16.7. The number of amides is 1. The van der Waals surface area contributed by atoms with E-state index in [1.54, 1.807) is 0 Å². The number of unbranched alkanes of at least 4 members (excludes halogenated alkanes) is 18. The highest BCUT2D eigenvalue weighted by molar-refractivity contribution is 5.84. The average molecular weight is 959 g/mol. The molecule has 396 valence electrons. The van der Waals surface area contributed by atoms with Crippen LogP contribution < -0.4 is 5.32 Å². The van der Waals surface area contributed by atoms with Crippen molar-refractivity contribution in [3.63, 3.8) is 0 Å². The number of ether oxygens (including phenoxy) is 6. The summed E-state index contributed by atoms with van der Waals surface area (Å²) in [6, 6.07) is 8.30. The van der Waals surface area contributed by atoms with Crippen LogP contribution in [0.3, 0.4) is 0 Å². The summed E-state index contributed by atoms with van der Waals surface area (Å²) in [4.78, 5) is 21.6. The third-order valence-electron chi connectivity index (χ3n) is 13.0. The lowest BCUT2D eigenvalue weighted by Gasteiger charge is -2.28. The lowest BCUT2D eigenvalue weighted by Crippen LogP contribution is -2.40. The van der Waals surface area contributed by atoms with E-state index in [4.69, 9.17) is 28.4 Å². The zero-order valence-corrected chi connectivity index (χ0v) is 44.9. The highest BCUT2D eigenvalue weighted by Crippen LogP contribution is 2.19. The number of aromatic amines is 1. The largest absolute Gasteiger partial charge is 0.361 e. The molecule has 0 spiro atoms. The van der Waals surface area contributed by atoms with Gasteiger partial charge in [0.15, 0.2) is 18.9 Å². The zero-order chi connectivity index (χ0) is 49.0. The minimum absolute atomic E-state index is 0.105. The average Bonchev–Trinajstić information content (AvgIpc) is 3.76. The first-order valence-electron chi connectivity index (χ1n) is 28.3. The molecule has 2 N–H and O–H groups in total. The van der Waals surface area contributed by atoms with Crippen molar-refractivity contribution in [1.82, 2.24) is 20.1 Å². The van der Waals surface area contributed by atoms with Crippen molar-refractivity contribution in [2.75, 3.05) is 85.5 Å². The van der Waals surface area contributed by atoms with Crippen molar-refractivity contribution in [3.05, 3.63) is 36.0 Å². The van der Waals surface area contributed by atoms with Crippen LogP contribution in [0.15, 0.2) is 30.5 Å². The Hall–Kier alpha value is -2.09. The molecular formula is C57H106N4O7. The summed E-state index contributed by atoms with van der Waals surface area (Å²) < 4.78 is 36.1. The van der Waals surface area contributed by atoms with Gasteiger partial charge < -0.3 is 48.5 Å². The van der Waals surface area contributed by atoms with Crippen molar-refractivity contribution in [1.29, 1.82) is 0 Å². The Labute approximate surface area is 417 Å². The number of carbonyl (C=O) groups is 1. The van der Waals surface area contributed by atoms with Gasteiger partial charge in [-0.05, 0) is 116 Å². The SMILES string of the molecule is CCCCCCCCOC(C)OCCCCN(CCCCOC(C)OCCCCCCCC)CCN(CCCCOC(C)OCCCCCCCC)CCNC(=O)CCc1c[nH]c2ccccc12. The van der Waals surface area contributed by atoms with Crippen molar-refractivity contribution in [2.24, 2.45) is 0 Å². The first-order valence-corrected chi connectivity index (χ1v) is 28.3. The van der Waals surface area contributed by atoms with E-state index < -0.39 is 0 Å². The van der Waals surface area contributed by atoms with E-state index in [1.807, 2.05) is 33.0 Å². The van der Waals surface area contributed by atoms with E-state index in [0.717, 1.165) is 129 Å². The first-order chi connectivity index (χ1) is 33.4. The maximum atomic E-state index is 13.1. The second kappa shape index (κ2) is 44.8. The Bertz CT molecular complexity index is 1360. The highest BCUT2D eigenvalue weighted by Gasteiger charge is 2.13. The molecule has 11 nitrogen and oxygen atoms in total. The van der Waals surface area contributed by atoms with Gasteiger partial charge in [0.2, 0.25) is 5.91 Å². The molecule has 0 aliphatic heterocycles. The van der Waals surface area contributed by atoms with Gasteiger partial charge in [-0.1, -0.05) is 135 Å². The van der Waals surface area contributed by atoms with Gasteiger partial charge in [0.25, 0.3) is 0 Å². The molecule has 0 radical (unpaired) electrons. The third-order valence-corrected chi connectivity index (χ3v) is 13.0. The molecule has 1 heterocycles. The third kappa shape index (κ3) is 35.1. The van der Waals surface area contributed by atoms with Gasteiger partial charge in [-0.2, -0.15) is 0 Å². The van der Waals surface area contributed by atoms with Crippen LogP contribution in [0.5, 0.6) is 0 Å². The topological polar surface area (TPSA) is 107 Å². The molecule has 0 fully saturated rings. The number of hydrogen-bond acceptors (Lipinski definition) is 9. The number of fused-ring (bicyclic) bond motifs is 1. The molecule has 0 saturated heterocycles. The minimum atomic E-state index is -0.174. The fourth-order valence-corrected chi connectivity index (χ4v) is 8.58. The standard InChI is InChI=1S/C57H106N4O7/c1-7-10-13-16-19-27-44-63-51(4)66-47-30-24-38-60(39-25-31-48-67-52(5)64-45-28-20-17-14-11-8-2)42-43-61(40-26-32-49-68-53(6)65-46-29-21-18-15-12-9-3)41-37-58-57(62)36-35-54-50-59-56-34-23-22-33-55(54)56/h22-23,33-34,50-53,59H,7-21,24-32,35-49H2,1-6H3,(H,58,62). The van der Waals surface area contributed by atoms with Crippen LogP contribution >= 0.6 is 0 Å². The molecule has 68 heavy (non-hydrogen) atoms.